The molecule has 0 radical (unpaired) electrons. The lowest BCUT2D eigenvalue weighted by Gasteiger charge is -2.19. The highest BCUT2D eigenvalue weighted by Gasteiger charge is 2.36. The monoisotopic (exact) mass is 354 g/mol. The Morgan fingerprint density at radius 2 is 2.16 bits per heavy atom. The quantitative estimate of drug-likeness (QED) is 0.703. The van der Waals surface area contributed by atoms with Crippen molar-refractivity contribution in [2.45, 2.75) is 24.3 Å². The molecule has 0 N–H and O–H groups in total. The molecule has 2 rings (SSSR count). The van der Waals surface area contributed by atoms with Gasteiger partial charge in [-0.25, -0.2) is 0 Å². The Bertz CT molecular complexity index is 462. The van der Waals surface area contributed by atoms with Gasteiger partial charge in [0.2, 0.25) is 0 Å². The van der Waals surface area contributed by atoms with E-state index in [1.807, 2.05) is 0 Å². The zero-order valence-electron chi connectivity index (χ0n) is 10.4. The van der Waals surface area contributed by atoms with Crippen LogP contribution in [0.1, 0.15) is 28.4 Å². The molecule has 19 heavy (non-hydrogen) atoms. The molecule has 1 unspecified atom stereocenters. The second-order valence-corrected chi connectivity index (χ2v) is 6.32. The summed E-state index contributed by atoms with van der Waals surface area (Å²) in [5.41, 5.74) is 1.08. The minimum atomic E-state index is -4.38. The van der Waals surface area contributed by atoms with Gasteiger partial charge >= 0.3 is 6.18 Å². The lowest BCUT2D eigenvalue weighted by molar-refractivity contribution is -0.138. The molecular weight excluding hydrogens is 341 g/mol. The SMILES string of the molecule is COc1cc2c(cc1C(F)(F)F)C(CBr)SCCC2. The van der Waals surface area contributed by atoms with E-state index in [0.29, 0.717) is 5.33 Å². The van der Waals surface area contributed by atoms with Crippen LogP contribution in [-0.4, -0.2) is 18.2 Å². The number of halogens is 4. The summed E-state index contributed by atoms with van der Waals surface area (Å²) in [5, 5.41) is 0.735. The Hall–Kier alpha value is -0.360. The number of methoxy groups -OCH3 is 1. The van der Waals surface area contributed by atoms with Crippen LogP contribution in [0.4, 0.5) is 13.2 Å². The van der Waals surface area contributed by atoms with E-state index in [0.717, 1.165) is 29.7 Å². The summed E-state index contributed by atoms with van der Waals surface area (Å²) in [6.07, 6.45) is -2.59. The van der Waals surface area contributed by atoms with Crippen LogP contribution in [0.15, 0.2) is 12.1 Å². The number of fused-ring (bicyclic) bond motifs is 1. The van der Waals surface area contributed by atoms with Gasteiger partial charge in [0.25, 0.3) is 0 Å². The maximum atomic E-state index is 13.0. The van der Waals surface area contributed by atoms with Gasteiger partial charge in [0.15, 0.2) is 0 Å². The molecule has 1 aliphatic heterocycles. The highest BCUT2D eigenvalue weighted by Crippen LogP contribution is 2.43. The zero-order chi connectivity index (χ0) is 14.0. The topological polar surface area (TPSA) is 9.23 Å². The third-order valence-electron chi connectivity index (χ3n) is 3.16. The normalized spacial score (nSPS) is 19.7. The Morgan fingerprint density at radius 1 is 1.42 bits per heavy atom. The first-order chi connectivity index (χ1) is 8.97. The van der Waals surface area contributed by atoms with Gasteiger partial charge in [0.05, 0.1) is 12.7 Å². The van der Waals surface area contributed by atoms with E-state index < -0.39 is 11.7 Å². The number of hydrogen-bond donors (Lipinski definition) is 0. The van der Waals surface area contributed by atoms with E-state index in [4.69, 9.17) is 4.74 Å². The van der Waals surface area contributed by atoms with Gasteiger partial charge < -0.3 is 4.74 Å². The largest absolute Gasteiger partial charge is 0.496 e. The molecule has 0 aromatic heterocycles. The molecule has 0 saturated carbocycles. The summed E-state index contributed by atoms with van der Waals surface area (Å²) >= 11 is 5.10. The number of hydrogen-bond acceptors (Lipinski definition) is 2. The van der Waals surface area contributed by atoms with E-state index in [9.17, 15) is 13.2 Å². The number of ether oxygens (including phenoxy) is 1. The molecule has 1 aliphatic rings. The standard InChI is InChI=1S/C13H14BrF3OS/c1-18-11-5-8-3-2-4-19-12(7-14)9(8)6-10(11)13(15,16)17/h5-6,12H,2-4,7H2,1H3. The summed E-state index contributed by atoms with van der Waals surface area (Å²) in [5.74, 6) is 0.890. The number of aryl methyl sites for hydroxylation is 1. The van der Waals surface area contributed by atoms with Gasteiger partial charge in [0, 0.05) is 10.6 Å². The number of alkyl halides is 4. The molecule has 1 aromatic carbocycles. The second kappa shape index (κ2) is 5.95. The fraction of sp³-hybridized carbons (Fsp3) is 0.538. The molecule has 1 heterocycles. The van der Waals surface area contributed by atoms with Crippen LogP contribution in [0.5, 0.6) is 5.75 Å². The van der Waals surface area contributed by atoms with Crippen LogP contribution in [-0.2, 0) is 12.6 Å². The van der Waals surface area contributed by atoms with Crippen molar-refractivity contribution in [3.63, 3.8) is 0 Å². The summed E-state index contributed by atoms with van der Waals surface area (Å²) in [4.78, 5) is 0. The predicted octanol–water partition coefficient (Wildman–Crippen LogP) is 4.83. The van der Waals surface area contributed by atoms with E-state index in [1.54, 1.807) is 17.8 Å². The Kier molecular flexibility index (Phi) is 4.71. The Balaban J connectivity index is 2.56. The lowest BCUT2D eigenvalue weighted by Crippen LogP contribution is -2.10. The van der Waals surface area contributed by atoms with Gasteiger partial charge in [-0.15, -0.1) is 0 Å². The molecule has 0 amide bonds. The lowest BCUT2D eigenvalue weighted by atomic mass is 9.97. The summed E-state index contributed by atoms with van der Waals surface area (Å²) < 4.78 is 44.0. The molecular formula is C13H14BrF3OS. The van der Waals surface area contributed by atoms with Crippen LogP contribution in [0.2, 0.25) is 0 Å². The van der Waals surface area contributed by atoms with Gasteiger partial charge in [0.1, 0.15) is 5.75 Å². The summed E-state index contributed by atoms with van der Waals surface area (Å²) in [6.45, 7) is 0. The fourth-order valence-electron chi connectivity index (χ4n) is 2.25. The highest BCUT2D eigenvalue weighted by atomic mass is 79.9. The first-order valence-electron chi connectivity index (χ1n) is 5.93. The molecule has 0 saturated heterocycles. The predicted molar refractivity (Wildman–Crippen MR) is 75.3 cm³/mol. The van der Waals surface area contributed by atoms with E-state index >= 15 is 0 Å². The van der Waals surface area contributed by atoms with Crippen LogP contribution in [0, 0.1) is 0 Å². The molecule has 1 aromatic rings. The Morgan fingerprint density at radius 3 is 2.74 bits per heavy atom. The van der Waals surface area contributed by atoms with Crippen molar-refractivity contribution in [1.82, 2.24) is 0 Å². The minimum absolute atomic E-state index is 0.0736. The molecule has 1 nitrogen and oxygen atoms in total. The van der Waals surface area contributed by atoms with E-state index in [2.05, 4.69) is 15.9 Å². The van der Waals surface area contributed by atoms with E-state index in [-0.39, 0.29) is 11.0 Å². The van der Waals surface area contributed by atoms with Crippen molar-refractivity contribution in [2.75, 3.05) is 18.2 Å². The van der Waals surface area contributed by atoms with Crippen molar-refractivity contribution in [3.05, 3.63) is 28.8 Å². The van der Waals surface area contributed by atoms with Gasteiger partial charge in [-0.2, -0.15) is 24.9 Å². The van der Waals surface area contributed by atoms with Crippen molar-refractivity contribution in [2.24, 2.45) is 0 Å². The Labute approximate surface area is 123 Å². The van der Waals surface area contributed by atoms with Crippen LogP contribution < -0.4 is 4.74 Å². The molecule has 0 spiro atoms. The molecule has 6 heteroatoms. The van der Waals surface area contributed by atoms with Gasteiger partial charge in [-0.1, -0.05) is 15.9 Å². The molecule has 106 valence electrons. The first-order valence-corrected chi connectivity index (χ1v) is 8.10. The van der Waals surface area contributed by atoms with Crippen LogP contribution in [0.25, 0.3) is 0 Å². The third-order valence-corrected chi connectivity index (χ3v) is 5.59. The molecule has 1 atom stereocenters. The van der Waals surface area contributed by atoms with Gasteiger partial charge in [-0.3, -0.25) is 0 Å². The third kappa shape index (κ3) is 3.21. The number of rotatable bonds is 2. The fourth-order valence-corrected chi connectivity index (χ4v) is 4.24. The zero-order valence-corrected chi connectivity index (χ0v) is 12.8. The molecule has 0 bridgehead atoms. The van der Waals surface area contributed by atoms with Crippen LogP contribution in [0.3, 0.4) is 0 Å². The number of thioether (sulfide) groups is 1. The second-order valence-electron chi connectivity index (χ2n) is 4.37. The average molecular weight is 355 g/mol. The summed E-state index contributed by atoms with van der Waals surface area (Å²) in [6, 6.07) is 2.82. The van der Waals surface area contributed by atoms with Crippen molar-refractivity contribution in [1.29, 1.82) is 0 Å². The average Bonchev–Trinajstić information content (AvgIpc) is 2.57. The highest BCUT2D eigenvalue weighted by molar-refractivity contribution is 9.09. The van der Waals surface area contributed by atoms with Crippen molar-refractivity contribution >= 4 is 27.7 Å². The molecule has 0 aliphatic carbocycles. The number of benzene rings is 1. The smallest absolute Gasteiger partial charge is 0.419 e. The van der Waals surface area contributed by atoms with E-state index in [1.165, 1.54) is 13.2 Å². The van der Waals surface area contributed by atoms with Gasteiger partial charge in [-0.05, 0) is 41.9 Å². The minimum Gasteiger partial charge on any atom is -0.496 e. The first kappa shape index (κ1) is 15.0. The van der Waals surface area contributed by atoms with Crippen LogP contribution >= 0.6 is 27.7 Å². The van der Waals surface area contributed by atoms with Crippen molar-refractivity contribution in [3.8, 4) is 5.75 Å². The van der Waals surface area contributed by atoms with Crippen molar-refractivity contribution < 1.29 is 17.9 Å². The maximum absolute atomic E-state index is 13.0. The molecule has 0 fully saturated rings. The maximum Gasteiger partial charge on any atom is 0.419 e. The summed E-state index contributed by atoms with van der Waals surface area (Å²) in [7, 11) is 1.28.